The number of carbonyl (C=O) groups is 1. The van der Waals surface area contributed by atoms with Gasteiger partial charge in [-0.15, -0.1) is 0 Å². The van der Waals surface area contributed by atoms with Crippen LogP contribution in [0, 0.1) is 5.92 Å². The van der Waals surface area contributed by atoms with Crippen molar-refractivity contribution in [2.45, 2.75) is 44.0 Å². The third-order valence-electron chi connectivity index (χ3n) is 5.50. The van der Waals surface area contributed by atoms with Crippen molar-refractivity contribution in [3.05, 3.63) is 41.7 Å². The van der Waals surface area contributed by atoms with Crippen LogP contribution < -0.4 is 9.44 Å². The zero-order chi connectivity index (χ0) is 23.3. The molecule has 11 heteroatoms. The van der Waals surface area contributed by atoms with Crippen LogP contribution >= 0.6 is 11.9 Å². The lowest BCUT2D eigenvalue weighted by molar-refractivity contribution is -0.124. The number of carbonyl (C=O) groups excluding carboxylic acids is 1. The summed E-state index contributed by atoms with van der Waals surface area (Å²) in [6.45, 7) is 6.04. The summed E-state index contributed by atoms with van der Waals surface area (Å²) in [6, 6.07) is 6.62. The molecular weight excluding hydrogens is 450 g/mol. The second-order valence-corrected chi connectivity index (χ2v) is 11.2. The van der Waals surface area contributed by atoms with Gasteiger partial charge in [0.05, 0.1) is 16.8 Å². The number of amidine groups is 1. The molecule has 0 fully saturated rings. The molecule has 0 aliphatic carbocycles. The van der Waals surface area contributed by atoms with Crippen molar-refractivity contribution >= 4 is 50.7 Å². The molecule has 2 aliphatic heterocycles. The summed E-state index contributed by atoms with van der Waals surface area (Å²) >= 11 is 1.20. The van der Waals surface area contributed by atoms with E-state index in [1.165, 1.54) is 11.9 Å². The summed E-state index contributed by atoms with van der Waals surface area (Å²) in [5.41, 5.74) is 0.641. The van der Waals surface area contributed by atoms with Crippen LogP contribution in [0.25, 0.3) is 5.76 Å². The van der Waals surface area contributed by atoms with Gasteiger partial charge < -0.3 is 9.83 Å². The van der Waals surface area contributed by atoms with E-state index < -0.39 is 15.6 Å². The minimum atomic E-state index is -3.40. The van der Waals surface area contributed by atoms with Crippen molar-refractivity contribution in [3.63, 3.8) is 0 Å². The molecule has 4 rings (SSSR count). The van der Waals surface area contributed by atoms with Crippen molar-refractivity contribution in [1.82, 2.24) is 14.5 Å². The highest BCUT2D eigenvalue weighted by atomic mass is 32.2. The molecule has 0 saturated heterocycles. The monoisotopic (exact) mass is 475 g/mol. The molecule has 3 N–H and O–H groups in total. The van der Waals surface area contributed by atoms with Gasteiger partial charge in [0.15, 0.2) is 17.4 Å². The topological polar surface area (TPSA) is 126 Å². The number of rotatable bonds is 6. The Balaban J connectivity index is 1.75. The van der Waals surface area contributed by atoms with Crippen LogP contribution in [-0.2, 0) is 20.4 Å². The number of fused-ring (bicyclic) bond motifs is 2. The van der Waals surface area contributed by atoms with Crippen molar-refractivity contribution < 1.29 is 18.3 Å². The third kappa shape index (κ3) is 4.02. The van der Waals surface area contributed by atoms with Crippen LogP contribution in [0.2, 0.25) is 0 Å². The molecule has 1 aromatic heterocycles. The van der Waals surface area contributed by atoms with Gasteiger partial charge in [-0.3, -0.25) is 9.52 Å². The van der Waals surface area contributed by atoms with E-state index in [1.54, 1.807) is 35.1 Å². The molecule has 3 heterocycles. The van der Waals surface area contributed by atoms with Gasteiger partial charge in [-0.25, -0.2) is 18.1 Å². The van der Waals surface area contributed by atoms with Gasteiger partial charge in [0.1, 0.15) is 16.8 Å². The second kappa shape index (κ2) is 7.96. The number of nitrogens with zero attached hydrogens (tertiary/aromatic N) is 3. The molecule has 0 saturated carbocycles. The van der Waals surface area contributed by atoms with E-state index >= 15 is 0 Å². The van der Waals surface area contributed by atoms with E-state index in [-0.39, 0.29) is 23.0 Å². The number of anilines is 1. The Morgan fingerprint density at radius 3 is 2.75 bits per heavy atom. The van der Waals surface area contributed by atoms with Crippen LogP contribution in [0.1, 0.15) is 39.3 Å². The quantitative estimate of drug-likeness (QED) is 0.545. The maximum absolute atomic E-state index is 13.7. The van der Waals surface area contributed by atoms with Gasteiger partial charge >= 0.3 is 0 Å². The molecule has 1 atom stereocenters. The number of aromatic nitrogens is 2. The number of nitrogens with one attached hydrogen (secondary N) is 2. The molecule has 32 heavy (non-hydrogen) atoms. The molecule has 9 nitrogen and oxygen atoms in total. The summed E-state index contributed by atoms with van der Waals surface area (Å²) in [6.07, 6.45) is 4.06. The van der Waals surface area contributed by atoms with Crippen LogP contribution in [-0.4, -0.2) is 41.2 Å². The Hall–Kier alpha value is -2.79. The maximum atomic E-state index is 13.7. The SMILES string of the molecule is CC(C)CCC1(C)C(=O)C(C2=Nc3ccc(NS(C)(=O)=O)cc3SN2)=C(O)c2ccnn21. The lowest BCUT2D eigenvalue weighted by Crippen LogP contribution is -2.47. The van der Waals surface area contributed by atoms with Gasteiger partial charge in [0, 0.05) is 11.9 Å². The van der Waals surface area contributed by atoms with Gasteiger partial charge in [-0.1, -0.05) is 13.8 Å². The zero-order valence-electron chi connectivity index (χ0n) is 18.2. The van der Waals surface area contributed by atoms with E-state index in [9.17, 15) is 18.3 Å². The Kier molecular flexibility index (Phi) is 5.58. The van der Waals surface area contributed by atoms with Crippen LogP contribution in [0.15, 0.2) is 45.9 Å². The summed E-state index contributed by atoms with van der Waals surface area (Å²) in [4.78, 5) is 18.9. The lowest BCUT2D eigenvalue weighted by Gasteiger charge is -2.36. The molecule has 170 valence electrons. The normalized spacial score (nSPS) is 20.5. The van der Waals surface area contributed by atoms with Crippen LogP contribution in [0.5, 0.6) is 0 Å². The fourth-order valence-corrected chi connectivity index (χ4v) is 5.12. The first-order valence-corrected chi connectivity index (χ1v) is 12.9. The molecule has 2 aromatic rings. The highest BCUT2D eigenvalue weighted by molar-refractivity contribution is 7.98. The molecule has 0 amide bonds. The number of sulfonamides is 1. The standard InChI is InChI=1S/C21H25N5O4S2/c1-12(2)7-9-21(3)19(28)17(18(27)15-8-10-22-26(15)21)20-23-14-6-5-13(25-32(4,29)30)11-16(14)31-24-20/h5-6,8,10-12,25,27H,7,9H2,1-4H3,(H,23,24). The molecular formula is C21H25N5O4S2. The maximum Gasteiger partial charge on any atom is 0.229 e. The Morgan fingerprint density at radius 1 is 1.31 bits per heavy atom. The Labute approximate surface area is 191 Å². The van der Waals surface area contributed by atoms with Crippen molar-refractivity contribution in [2.75, 3.05) is 11.0 Å². The average Bonchev–Trinajstić information content (AvgIpc) is 3.21. The largest absolute Gasteiger partial charge is 0.505 e. The molecule has 2 aliphatic rings. The van der Waals surface area contributed by atoms with Crippen LogP contribution in [0.3, 0.4) is 0 Å². The number of benzene rings is 1. The molecule has 0 radical (unpaired) electrons. The first kappa shape index (κ1) is 22.4. The number of hydrogen-bond acceptors (Lipinski definition) is 8. The van der Waals surface area contributed by atoms with Crippen LogP contribution in [0.4, 0.5) is 11.4 Å². The predicted molar refractivity (Wildman–Crippen MR) is 125 cm³/mol. The fourth-order valence-electron chi connectivity index (χ4n) is 3.81. The van der Waals surface area contributed by atoms with E-state index in [1.807, 2.05) is 6.92 Å². The van der Waals surface area contributed by atoms with E-state index in [0.717, 1.165) is 12.7 Å². The predicted octanol–water partition coefficient (Wildman–Crippen LogP) is 3.60. The first-order valence-electron chi connectivity index (χ1n) is 10.2. The molecule has 1 aromatic carbocycles. The smallest absolute Gasteiger partial charge is 0.229 e. The fraction of sp³-hybridized carbons (Fsp3) is 0.381. The number of aliphatic hydroxyl groups excluding tert-OH is 1. The van der Waals surface area contributed by atoms with Gasteiger partial charge in [-0.2, -0.15) is 5.10 Å². The summed E-state index contributed by atoms with van der Waals surface area (Å²) in [5, 5.41) is 15.3. The second-order valence-electron chi connectivity index (χ2n) is 8.61. The van der Waals surface area contributed by atoms with Crippen molar-refractivity contribution in [2.24, 2.45) is 10.9 Å². The Morgan fingerprint density at radius 2 is 2.06 bits per heavy atom. The summed E-state index contributed by atoms with van der Waals surface area (Å²) in [7, 11) is -3.40. The number of aliphatic hydroxyl groups is 1. The Bertz CT molecular complexity index is 1260. The zero-order valence-corrected chi connectivity index (χ0v) is 19.8. The molecule has 1 unspecified atom stereocenters. The highest BCUT2D eigenvalue weighted by Crippen LogP contribution is 2.40. The number of Topliss-reactive ketones (excluding diaryl/α,β-unsaturated/α-hetero) is 1. The van der Waals surface area contributed by atoms with E-state index in [0.29, 0.717) is 34.3 Å². The van der Waals surface area contributed by atoms with Gasteiger partial charge in [0.25, 0.3) is 0 Å². The molecule has 0 spiro atoms. The number of hydrogen-bond donors (Lipinski definition) is 3. The van der Waals surface area contributed by atoms with E-state index in [2.05, 4.69) is 33.4 Å². The van der Waals surface area contributed by atoms with Crippen molar-refractivity contribution in [3.8, 4) is 0 Å². The van der Waals surface area contributed by atoms with Gasteiger partial charge in [-0.05, 0) is 61.9 Å². The minimum Gasteiger partial charge on any atom is -0.505 e. The highest BCUT2D eigenvalue weighted by Gasteiger charge is 2.46. The summed E-state index contributed by atoms with van der Waals surface area (Å²) in [5.74, 6) is 0.249. The lowest BCUT2D eigenvalue weighted by atomic mass is 9.81. The average molecular weight is 476 g/mol. The van der Waals surface area contributed by atoms with Gasteiger partial charge in [0.2, 0.25) is 10.0 Å². The van der Waals surface area contributed by atoms with E-state index in [4.69, 9.17) is 0 Å². The first-order chi connectivity index (χ1) is 15.0. The number of aliphatic imine (C=N–C) groups is 1. The molecule has 0 bridgehead atoms. The third-order valence-corrected chi connectivity index (χ3v) is 6.95. The minimum absolute atomic E-state index is 0.126. The summed E-state index contributed by atoms with van der Waals surface area (Å²) < 4.78 is 30.1. The van der Waals surface area contributed by atoms with Crippen molar-refractivity contribution in [1.29, 1.82) is 0 Å². The number of ketones is 1.